The molecule has 3 aromatic rings. The van der Waals surface area contributed by atoms with Gasteiger partial charge in [0, 0.05) is 29.4 Å². The number of rotatable bonds is 4. The molecule has 27 heavy (non-hydrogen) atoms. The minimum atomic E-state index is -0.0471. The van der Waals surface area contributed by atoms with Crippen LogP contribution in [0.4, 0.5) is 0 Å². The van der Waals surface area contributed by atoms with E-state index in [2.05, 4.69) is 44.9 Å². The molecule has 0 aliphatic heterocycles. The van der Waals surface area contributed by atoms with Gasteiger partial charge in [-0.2, -0.15) is 4.37 Å². The third-order valence-corrected chi connectivity index (χ3v) is 6.51. The Hall–Kier alpha value is -1.80. The Bertz CT molecular complexity index is 891. The van der Waals surface area contributed by atoms with Gasteiger partial charge >= 0.3 is 0 Å². The first-order valence-corrected chi connectivity index (χ1v) is 11.0. The van der Waals surface area contributed by atoms with Crippen LogP contribution < -0.4 is 0 Å². The standard InChI is InChI=1S/C19H24N6S2/c1-19(2,3)16-21-18(27-24-16)26-17-23-22-15(13-9-11-20-12-10-13)25(17)14-7-5-4-6-8-14/h9-12,14H,4-8H2,1-3H3. The van der Waals surface area contributed by atoms with Crippen LogP contribution >= 0.6 is 23.3 Å². The Balaban J connectivity index is 1.70. The van der Waals surface area contributed by atoms with Gasteiger partial charge in [-0.15, -0.1) is 10.2 Å². The van der Waals surface area contributed by atoms with Crippen molar-refractivity contribution in [2.45, 2.75) is 73.8 Å². The van der Waals surface area contributed by atoms with Gasteiger partial charge in [0.25, 0.3) is 0 Å². The first-order valence-electron chi connectivity index (χ1n) is 9.40. The van der Waals surface area contributed by atoms with Gasteiger partial charge in [0.15, 0.2) is 15.3 Å². The summed E-state index contributed by atoms with van der Waals surface area (Å²) in [5.41, 5.74) is 1.01. The minimum Gasteiger partial charge on any atom is -0.299 e. The molecule has 0 bridgehead atoms. The van der Waals surface area contributed by atoms with Crippen molar-refractivity contribution in [1.82, 2.24) is 29.1 Å². The molecule has 0 atom stereocenters. The van der Waals surface area contributed by atoms with Crippen LogP contribution in [0.2, 0.25) is 0 Å². The first-order chi connectivity index (χ1) is 13.0. The van der Waals surface area contributed by atoms with Crippen molar-refractivity contribution in [1.29, 1.82) is 0 Å². The summed E-state index contributed by atoms with van der Waals surface area (Å²) in [6.07, 6.45) is 9.80. The van der Waals surface area contributed by atoms with Crippen LogP contribution in [0.25, 0.3) is 11.4 Å². The van der Waals surface area contributed by atoms with Gasteiger partial charge in [0.2, 0.25) is 0 Å². The van der Waals surface area contributed by atoms with E-state index in [1.165, 1.54) is 43.6 Å². The topological polar surface area (TPSA) is 69.4 Å². The lowest BCUT2D eigenvalue weighted by atomic mass is 9.95. The van der Waals surface area contributed by atoms with Crippen molar-refractivity contribution in [3.63, 3.8) is 0 Å². The Labute approximate surface area is 168 Å². The van der Waals surface area contributed by atoms with Gasteiger partial charge in [0.05, 0.1) is 0 Å². The highest BCUT2D eigenvalue weighted by atomic mass is 32.2. The second-order valence-corrected chi connectivity index (χ2v) is 9.91. The lowest BCUT2D eigenvalue weighted by molar-refractivity contribution is 0.339. The van der Waals surface area contributed by atoms with E-state index in [-0.39, 0.29) is 5.41 Å². The quantitative estimate of drug-likeness (QED) is 0.603. The molecule has 3 heterocycles. The zero-order valence-corrected chi connectivity index (χ0v) is 17.6. The molecule has 0 amide bonds. The van der Waals surface area contributed by atoms with Gasteiger partial charge < -0.3 is 0 Å². The third kappa shape index (κ3) is 4.06. The van der Waals surface area contributed by atoms with Crippen LogP contribution in [0.1, 0.15) is 64.7 Å². The molecule has 0 unspecified atom stereocenters. The van der Waals surface area contributed by atoms with Crippen molar-refractivity contribution < 1.29 is 0 Å². The molecular formula is C19H24N6S2. The van der Waals surface area contributed by atoms with Gasteiger partial charge in [-0.05, 0) is 48.3 Å². The summed E-state index contributed by atoms with van der Waals surface area (Å²) >= 11 is 3.02. The summed E-state index contributed by atoms with van der Waals surface area (Å²) in [5, 5.41) is 9.97. The van der Waals surface area contributed by atoms with E-state index in [4.69, 9.17) is 4.98 Å². The zero-order chi connectivity index (χ0) is 18.9. The fourth-order valence-electron chi connectivity index (χ4n) is 3.35. The maximum Gasteiger partial charge on any atom is 0.198 e. The lowest BCUT2D eigenvalue weighted by Crippen LogP contribution is -2.15. The van der Waals surface area contributed by atoms with Crippen LogP contribution in [-0.2, 0) is 5.41 Å². The zero-order valence-electron chi connectivity index (χ0n) is 15.9. The molecule has 1 fully saturated rings. The summed E-state index contributed by atoms with van der Waals surface area (Å²) < 4.78 is 7.77. The molecule has 0 N–H and O–H groups in total. The second kappa shape index (κ2) is 7.67. The molecule has 3 aromatic heterocycles. The van der Waals surface area contributed by atoms with Crippen molar-refractivity contribution in [3.05, 3.63) is 30.4 Å². The normalized spacial score (nSPS) is 16.0. The van der Waals surface area contributed by atoms with Gasteiger partial charge in [0.1, 0.15) is 5.82 Å². The van der Waals surface area contributed by atoms with Crippen molar-refractivity contribution >= 4 is 23.3 Å². The van der Waals surface area contributed by atoms with Crippen LogP contribution in [0.15, 0.2) is 34.0 Å². The van der Waals surface area contributed by atoms with E-state index in [1.54, 1.807) is 11.8 Å². The molecule has 1 aliphatic rings. The summed E-state index contributed by atoms with van der Waals surface area (Å²) in [7, 11) is 0. The van der Waals surface area contributed by atoms with E-state index in [0.29, 0.717) is 6.04 Å². The molecule has 0 radical (unpaired) electrons. The van der Waals surface area contributed by atoms with E-state index in [0.717, 1.165) is 26.7 Å². The monoisotopic (exact) mass is 400 g/mol. The second-order valence-electron chi connectivity index (χ2n) is 7.94. The van der Waals surface area contributed by atoms with E-state index in [9.17, 15) is 0 Å². The smallest absolute Gasteiger partial charge is 0.198 e. The predicted molar refractivity (Wildman–Crippen MR) is 108 cm³/mol. The summed E-state index contributed by atoms with van der Waals surface area (Å²) in [5.74, 6) is 1.81. The minimum absolute atomic E-state index is 0.0471. The van der Waals surface area contributed by atoms with E-state index >= 15 is 0 Å². The third-order valence-electron chi connectivity index (χ3n) is 4.80. The maximum absolute atomic E-state index is 4.72. The van der Waals surface area contributed by atoms with Crippen LogP contribution in [0.5, 0.6) is 0 Å². The van der Waals surface area contributed by atoms with Crippen LogP contribution in [0.3, 0.4) is 0 Å². The number of hydrogen-bond donors (Lipinski definition) is 0. The Morgan fingerprint density at radius 3 is 2.48 bits per heavy atom. The van der Waals surface area contributed by atoms with Gasteiger partial charge in [-0.3, -0.25) is 9.55 Å². The largest absolute Gasteiger partial charge is 0.299 e. The summed E-state index contributed by atoms with van der Waals surface area (Å²) in [6, 6.07) is 4.44. The van der Waals surface area contributed by atoms with Crippen molar-refractivity contribution in [2.24, 2.45) is 0 Å². The lowest BCUT2D eigenvalue weighted by Gasteiger charge is -2.25. The Morgan fingerprint density at radius 2 is 1.81 bits per heavy atom. The average molecular weight is 401 g/mol. The number of pyridine rings is 1. The Morgan fingerprint density at radius 1 is 1.07 bits per heavy atom. The van der Waals surface area contributed by atoms with Crippen molar-refractivity contribution in [2.75, 3.05) is 0 Å². The average Bonchev–Trinajstić information content (AvgIpc) is 3.31. The highest BCUT2D eigenvalue weighted by molar-refractivity contribution is 8.00. The fraction of sp³-hybridized carbons (Fsp3) is 0.526. The molecule has 1 aliphatic carbocycles. The molecule has 1 saturated carbocycles. The van der Waals surface area contributed by atoms with Gasteiger partial charge in [-0.1, -0.05) is 40.0 Å². The van der Waals surface area contributed by atoms with Crippen LogP contribution in [0, 0.1) is 0 Å². The molecule has 6 nitrogen and oxygen atoms in total. The molecule has 4 rings (SSSR count). The number of aromatic nitrogens is 6. The molecule has 0 spiro atoms. The van der Waals surface area contributed by atoms with Crippen molar-refractivity contribution in [3.8, 4) is 11.4 Å². The highest BCUT2D eigenvalue weighted by Gasteiger charge is 2.26. The molecule has 8 heteroatoms. The SMILES string of the molecule is CC(C)(C)c1nsc(Sc2nnc(-c3ccncc3)n2C2CCCCC2)n1. The van der Waals surface area contributed by atoms with Crippen LogP contribution in [-0.4, -0.2) is 29.1 Å². The maximum atomic E-state index is 4.72. The van der Waals surface area contributed by atoms with E-state index in [1.807, 2.05) is 24.5 Å². The Kier molecular flexibility index (Phi) is 5.27. The molecular weight excluding hydrogens is 376 g/mol. The van der Waals surface area contributed by atoms with Gasteiger partial charge in [-0.25, -0.2) is 4.98 Å². The predicted octanol–water partition coefficient (Wildman–Crippen LogP) is 5.15. The summed E-state index contributed by atoms with van der Waals surface area (Å²) in [4.78, 5) is 8.86. The van der Waals surface area contributed by atoms with E-state index < -0.39 is 0 Å². The molecule has 0 saturated heterocycles. The fourth-order valence-corrected chi connectivity index (χ4v) is 5.14. The number of nitrogens with zero attached hydrogens (tertiary/aromatic N) is 6. The first kappa shape index (κ1) is 18.6. The highest BCUT2D eigenvalue weighted by Crippen LogP contribution is 2.38. The molecule has 0 aromatic carbocycles. The summed E-state index contributed by atoms with van der Waals surface area (Å²) in [6.45, 7) is 6.40. The molecule has 142 valence electrons. The number of hydrogen-bond acceptors (Lipinski definition) is 7.